The van der Waals surface area contributed by atoms with E-state index >= 15 is 0 Å². The standard InChI is InChI=1S/C23H18ClFN2O2/c1-14-6-11-20-18(12-14)22(15-7-9-16(25)10-8-15)27(13-21(28)26-20)23(29)17-4-2-3-5-19(17)24/h2-12,22H,13H2,1H3,(H,26,28). The first-order valence-corrected chi connectivity index (χ1v) is 9.53. The van der Waals surface area contributed by atoms with Gasteiger partial charge in [-0.2, -0.15) is 0 Å². The van der Waals surface area contributed by atoms with Gasteiger partial charge in [0.05, 0.1) is 16.6 Å². The summed E-state index contributed by atoms with van der Waals surface area (Å²) in [7, 11) is 0. The van der Waals surface area contributed by atoms with Gasteiger partial charge in [0, 0.05) is 11.3 Å². The Bertz CT molecular complexity index is 1100. The molecular formula is C23H18ClFN2O2. The molecule has 1 aliphatic heterocycles. The number of fused-ring (bicyclic) bond motifs is 1. The van der Waals surface area contributed by atoms with E-state index in [1.54, 1.807) is 36.4 Å². The van der Waals surface area contributed by atoms with E-state index in [9.17, 15) is 14.0 Å². The lowest BCUT2D eigenvalue weighted by Gasteiger charge is -2.31. The Morgan fingerprint density at radius 2 is 1.83 bits per heavy atom. The van der Waals surface area contributed by atoms with Gasteiger partial charge in [0.2, 0.25) is 5.91 Å². The third kappa shape index (κ3) is 3.74. The van der Waals surface area contributed by atoms with Crippen LogP contribution >= 0.6 is 11.6 Å². The van der Waals surface area contributed by atoms with Crippen molar-refractivity contribution in [2.75, 3.05) is 11.9 Å². The third-order valence-corrected chi connectivity index (χ3v) is 5.28. The highest BCUT2D eigenvalue weighted by atomic mass is 35.5. The number of hydrogen-bond acceptors (Lipinski definition) is 2. The molecule has 1 N–H and O–H groups in total. The molecule has 0 bridgehead atoms. The molecule has 2 amide bonds. The first-order chi connectivity index (χ1) is 13.9. The zero-order valence-electron chi connectivity index (χ0n) is 15.7. The minimum absolute atomic E-state index is 0.153. The topological polar surface area (TPSA) is 49.4 Å². The predicted molar refractivity (Wildman–Crippen MR) is 111 cm³/mol. The highest BCUT2D eigenvalue weighted by Gasteiger charge is 2.34. The normalized spacial score (nSPS) is 16.0. The van der Waals surface area contributed by atoms with Gasteiger partial charge in [-0.3, -0.25) is 9.59 Å². The lowest BCUT2D eigenvalue weighted by atomic mass is 9.94. The van der Waals surface area contributed by atoms with E-state index < -0.39 is 6.04 Å². The van der Waals surface area contributed by atoms with Gasteiger partial charge in [0.1, 0.15) is 12.4 Å². The first kappa shape index (κ1) is 19.2. The molecule has 4 nitrogen and oxygen atoms in total. The molecule has 29 heavy (non-hydrogen) atoms. The predicted octanol–water partition coefficient (Wildman–Crippen LogP) is 4.97. The maximum Gasteiger partial charge on any atom is 0.256 e. The summed E-state index contributed by atoms with van der Waals surface area (Å²) in [6, 6.07) is 17.8. The molecule has 1 aliphatic rings. The zero-order valence-corrected chi connectivity index (χ0v) is 16.4. The monoisotopic (exact) mass is 408 g/mol. The van der Waals surface area contributed by atoms with Gasteiger partial charge in [0.25, 0.3) is 5.91 Å². The quantitative estimate of drug-likeness (QED) is 0.650. The smallest absolute Gasteiger partial charge is 0.256 e. The molecule has 146 valence electrons. The molecule has 0 fully saturated rings. The number of benzene rings is 3. The SMILES string of the molecule is Cc1ccc2c(c1)C(c1ccc(F)cc1)N(C(=O)c1ccccc1Cl)CC(=O)N2. The van der Waals surface area contributed by atoms with Gasteiger partial charge in [0.15, 0.2) is 0 Å². The Balaban J connectivity index is 1.91. The van der Waals surface area contributed by atoms with Crippen molar-refractivity contribution in [2.24, 2.45) is 0 Å². The van der Waals surface area contributed by atoms with E-state index in [0.717, 1.165) is 11.1 Å². The summed E-state index contributed by atoms with van der Waals surface area (Å²) in [6.45, 7) is 1.79. The molecule has 1 unspecified atom stereocenters. The summed E-state index contributed by atoms with van der Waals surface area (Å²) >= 11 is 6.26. The highest BCUT2D eigenvalue weighted by Crippen LogP contribution is 2.37. The van der Waals surface area contributed by atoms with Crippen molar-refractivity contribution in [2.45, 2.75) is 13.0 Å². The van der Waals surface area contributed by atoms with E-state index in [1.807, 2.05) is 25.1 Å². The number of nitrogens with zero attached hydrogens (tertiary/aromatic N) is 1. The Morgan fingerprint density at radius 3 is 2.55 bits per heavy atom. The fraction of sp³-hybridized carbons (Fsp3) is 0.130. The van der Waals surface area contributed by atoms with Crippen molar-refractivity contribution >= 4 is 29.1 Å². The lowest BCUT2D eigenvalue weighted by Crippen LogP contribution is -2.39. The van der Waals surface area contributed by atoms with E-state index in [1.165, 1.54) is 17.0 Å². The number of rotatable bonds is 2. The molecule has 3 aromatic carbocycles. The second-order valence-corrected chi connectivity index (χ2v) is 7.41. The minimum Gasteiger partial charge on any atom is -0.324 e. The summed E-state index contributed by atoms with van der Waals surface area (Å²) in [5, 5.41) is 3.18. The molecule has 3 aromatic rings. The van der Waals surface area contributed by atoms with Gasteiger partial charge in [-0.05, 0) is 42.8 Å². The molecule has 0 saturated carbocycles. The first-order valence-electron chi connectivity index (χ1n) is 9.15. The molecule has 6 heteroatoms. The molecule has 4 rings (SSSR count). The summed E-state index contributed by atoms with van der Waals surface area (Å²) < 4.78 is 13.6. The van der Waals surface area contributed by atoms with Crippen molar-refractivity contribution in [3.8, 4) is 0 Å². The largest absolute Gasteiger partial charge is 0.324 e. The number of nitrogens with one attached hydrogen (secondary N) is 1. The van der Waals surface area contributed by atoms with E-state index in [0.29, 0.717) is 21.8 Å². The summed E-state index contributed by atoms with van der Waals surface area (Å²) in [5.74, 6) is -1.04. The van der Waals surface area contributed by atoms with Crippen molar-refractivity contribution < 1.29 is 14.0 Å². The number of anilines is 1. The van der Waals surface area contributed by atoms with Crippen molar-refractivity contribution in [1.82, 2.24) is 4.90 Å². The van der Waals surface area contributed by atoms with Crippen LogP contribution in [-0.2, 0) is 4.79 Å². The van der Waals surface area contributed by atoms with Crippen LogP contribution in [0.2, 0.25) is 5.02 Å². The van der Waals surface area contributed by atoms with Crippen LogP contribution in [0, 0.1) is 12.7 Å². The van der Waals surface area contributed by atoms with Crippen LogP contribution in [0.5, 0.6) is 0 Å². The Kier molecular flexibility index (Phi) is 5.07. The summed E-state index contributed by atoms with van der Waals surface area (Å²) in [4.78, 5) is 27.5. The number of hydrogen-bond donors (Lipinski definition) is 1. The van der Waals surface area contributed by atoms with Crippen LogP contribution in [0.1, 0.15) is 33.1 Å². The molecule has 0 spiro atoms. The number of carbonyl (C=O) groups excluding carboxylic acids is 2. The average molecular weight is 409 g/mol. The molecule has 1 heterocycles. The Morgan fingerprint density at radius 1 is 1.10 bits per heavy atom. The van der Waals surface area contributed by atoms with Crippen LogP contribution in [0.3, 0.4) is 0 Å². The van der Waals surface area contributed by atoms with Crippen LogP contribution in [0.25, 0.3) is 0 Å². The third-order valence-electron chi connectivity index (χ3n) is 4.95. The van der Waals surface area contributed by atoms with Crippen LogP contribution in [0.15, 0.2) is 66.7 Å². The molecule has 0 saturated heterocycles. The van der Waals surface area contributed by atoms with Crippen LogP contribution < -0.4 is 5.32 Å². The highest BCUT2D eigenvalue weighted by molar-refractivity contribution is 6.33. The van der Waals surface area contributed by atoms with Crippen molar-refractivity contribution in [3.63, 3.8) is 0 Å². The lowest BCUT2D eigenvalue weighted by molar-refractivity contribution is -0.117. The zero-order chi connectivity index (χ0) is 20.5. The molecule has 0 aliphatic carbocycles. The average Bonchev–Trinajstić information content (AvgIpc) is 2.84. The summed E-state index contributed by atoms with van der Waals surface area (Å²) in [6.07, 6.45) is 0. The fourth-order valence-corrected chi connectivity index (χ4v) is 3.83. The number of amides is 2. The van der Waals surface area contributed by atoms with Crippen molar-refractivity contribution in [1.29, 1.82) is 0 Å². The molecule has 0 radical (unpaired) electrons. The molecule has 0 aromatic heterocycles. The maximum atomic E-state index is 13.6. The molecule has 1 atom stereocenters. The van der Waals surface area contributed by atoms with E-state index in [2.05, 4.69) is 5.32 Å². The fourth-order valence-electron chi connectivity index (χ4n) is 3.61. The Labute approximate surface area is 172 Å². The summed E-state index contributed by atoms with van der Waals surface area (Å²) in [5.41, 5.74) is 3.39. The van der Waals surface area contributed by atoms with Gasteiger partial charge >= 0.3 is 0 Å². The van der Waals surface area contributed by atoms with Crippen LogP contribution in [-0.4, -0.2) is 23.3 Å². The minimum atomic E-state index is -0.576. The van der Waals surface area contributed by atoms with Gasteiger partial charge in [-0.25, -0.2) is 4.39 Å². The van der Waals surface area contributed by atoms with Gasteiger partial charge in [-0.15, -0.1) is 0 Å². The second kappa shape index (κ2) is 7.68. The van der Waals surface area contributed by atoms with Crippen LogP contribution in [0.4, 0.5) is 10.1 Å². The maximum absolute atomic E-state index is 13.6. The number of aryl methyl sites for hydroxylation is 1. The molecular weight excluding hydrogens is 391 g/mol. The second-order valence-electron chi connectivity index (χ2n) is 7.01. The van der Waals surface area contributed by atoms with Crippen molar-refractivity contribution in [3.05, 3.63) is 99.8 Å². The Hall–Kier alpha value is -3.18. The van der Waals surface area contributed by atoms with E-state index in [4.69, 9.17) is 11.6 Å². The van der Waals surface area contributed by atoms with E-state index in [-0.39, 0.29) is 24.2 Å². The number of carbonyl (C=O) groups is 2. The van der Waals surface area contributed by atoms with Gasteiger partial charge in [-0.1, -0.05) is 53.6 Å². The number of halogens is 2. The van der Waals surface area contributed by atoms with Gasteiger partial charge < -0.3 is 10.2 Å².